The smallest absolute Gasteiger partial charge is 0.233 e. The molecule has 0 saturated carbocycles. The van der Waals surface area contributed by atoms with Gasteiger partial charge in [0.25, 0.3) is 0 Å². The minimum Gasteiger partial charge on any atom is -0.401 e. The van der Waals surface area contributed by atoms with Gasteiger partial charge in [-0.2, -0.15) is 0 Å². The van der Waals surface area contributed by atoms with Gasteiger partial charge in [0.2, 0.25) is 6.41 Å². The Morgan fingerprint density at radius 3 is 2.44 bits per heavy atom. The molecule has 0 unspecified atom stereocenters. The fourth-order valence-corrected chi connectivity index (χ4v) is 1.49. The van der Waals surface area contributed by atoms with Crippen LogP contribution >= 0.6 is 0 Å². The third-order valence-corrected chi connectivity index (χ3v) is 2.89. The van der Waals surface area contributed by atoms with Crippen molar-refractivity contribution in [1.82, 2.24) is 5.01 Å². The van der Waals surface area contributed by atoms with Crippen LogP contribution in [0.3, 0.4) is 0 Å². The summed E-state index contributed by atoms with van der Waals surface area (Å²) < 4.78 is 13.2. The topological polar surface area (TPSA) is 49.6 Å². The second kappa shape index (κ2) is 5.53. The zero-order valence-corrected chi connectivity index (χ0v) is 11.1. The monoisotopic (exact) mass is 251 g/mol. The molecule has 1 rings (SSSR count). The molecule has 1 aromatic rings. The molecule has 0 atom stereocenters. The molecule has 0 aromatic heterocycles. The molecule has 5 heteroatoms. The Morgan fingerprint density at radius 2 is 2.00 bits per heavy atom. The van der Waals surface area contributed by atoms with Crippen LogP contribution in [0.5, 0.6) is 0 Å². The van der Waals surface area contributed by atoms with Crippen molar-refractivity contribution in [3.05, 3.63) is 41.0 Å². The van der Waals surface area contributed by atoms with E-state index in [9.17, 15) is 9.18 Å². The number of rotatable bonds is 4. The lowest BCUT2D eigenvalue weighted by atomic mass is 10.2. The van der Waals surface area contributed by atoms with Crippen LogP contribution in [0.25, 0.3) is 0 Å². The summed E-state index contributed by atoms with van der Waals surface area (Å²) >= 11 is 0. The summed E-state index contributed by atoms with van der Waals surface area (Å²) in [5.41, 5.74) is 8.14. The maximum atomic E-state index is 13.2. The molecule has 98 valence electrons. The van der Waals surface area contributed by atoms with Crippen LogP contribution in [0.15, 0.2) is 29.6 Å². The first kappa shape index (κ1) is 14.0. The van der Waals surface area contributed by atoms with Crippen molar-refractivity contribution in [1.29, 1.82) is 0 Å². The highest BCUT2D eigenvalue weighted by atomic mass is 19.1. The summed E-state index contributed by atoms with van der Waals surface area (Å²) in [5, 5.41) is 2.99. The average Bonchev–Trinajstić information content (AvgIpc) is 2.33. The number of allylic oxidation sites excluding steroid dienone is 2. The number of halogens is 1. The Labute approximate surface area is 106 Å². The van der Waals surface area contributed by atoms with Gasteiger partial charge in [-0.25, -0.2) is 9.40 Å². The largest absolute Gasteiger partial charge is 0.401 e. The summed E-state index contributed by atoms with van der Waals surface area (Å²) in [5.74, 6) is -0.297. The number of nitrogens with two attached hydrogens (primary N) is 1. The quantitative estimate of drug-likeness (QED) is 0.659. The maximum Gasteiger partial charge on any atom is 0.233 e. The van der Waals surface area contributed by atoms with Gasteiger partial charge in [0, 0.05) is 12.7 Å². The third kappa shape index (κ3) is 2.80. The van der Waals surface area contributed by atoms with E-state index in [4.69, 9.17) is 5.73 Å². The highest BCUT2D eigenvalue weighted by Crippen LogP contribution is 2.20. The third-order valence-electron chi connectivity index (χ3n) is 2.89. The van der Waals surface area contributed by atoms with E-state index >= 15 is 0 Å². The number of hydrogen-bond acceptors (Lipinski definition) is 3. The fourth-order valence-electron chi connectivity index (χ4n) is 1.49. The Morgan fingerprint density at radius 1 is 1.39 bits per heavy atom. The summed E-state index contributed by atoms with van der Waals surface area (Å²) in [7, 11) is 1.72. The van der Waals surface area contributed by atoms with Gasteiger partial charge in [-0.05, 0) is 44.5 Å². The van der Waals surface area contributed by atoms with Gasteiger partial charge in [-0.15, -0.1) is 0 Å². The van der Waals surface area contributed by atoms with E-state index in [-0.39, 0.29) is 5.82 Å². The molecule has 2 N–H and O–H groups in total. The van der Waals surface area contributed by atoms with E-state index in [1.54, 1.807) is 38.0 Å². The van der Waals surface area contributed by atoms with E-state index in [0.717, 1.165) is 5.70 Å². The van der Waals surface area contributed by atoms with E-state index in [1.165, 1.54) is 11.1 Å². The molecular weight excluding hydrogens is 233 g/mol. The zero-order chi connectivity index (χ0) is 13.9. The maximum absolute atomic E-state index is 13.2. The van der Waals surface area contributed by atoms with Crippen molar-refractivity contribution in [3.8, 4) is 0 Å². The zero-order valence-electron chi connectivity index (χ0n) is 11.1. The lowest BCUT2D eigenvalue weighted by Gasteiger charge is -2.31. The molecule has 0 aliphatic heterocycles. The molecule has 0 bridgehead atoms. The molecule has 1 amide bonds. The Bertz CT molecular complexity index is 481. The van der Waals surface area contributed by atoms with Gasteiger partial charge in [-0.1, -0.05) is 0 Å². The first-order valence-corrected chi connectivity index (χ1v) is 5.55. The van der Waals surface area contributed by atoms with E-state index in [1.807, 2.05) is 6.92 Å². The van der Waals surface area contributed by atoms with Crippen LogP contribution in [-0.2, 0) is 4.79 Å². The van der Waals surface area contributed by atoms with E-state index in [0.29, 0.717) is 23.4 Å². The van der Waals surface area contributed by atoms with Crippen LogP contribution in [0.1, 0.15) is 19.4 Å². The van der Waals surface area contributed by atoms with Gasteiger partial charge in [0.1, 0.15) is 5.82 Å². The molecule has 0 aliphatic carbocycles. The van der Waals surface area contributed by atoms with Crippen molar-refractivity contribution in [2.45, 2.75) is 20.8 Å². The van der Waals surface area contributed by atoms with Gasteiger partial charge < -0.3 is 5.73 Å². The lowest BCUT2D eigenvalue weighted by Crippen LogP contribution is -2.38. The molecule has 4 nitrogen and oxygen atoms in total. The molecule has 0 heterocycles. The molecular formula is C13H18FN3O. The second-order valence-electron chi connectivity index (χ2n) is 4.18. The van der Waals surface area contributed by atoms with Crippen molar-refractivity contribution in [2.24, 2.45) is 5.73 Å². The SMILES string of the molecule is C/C(N)=C(/C)N(C)N(C=O)c1ccc(F)c(C)c1. The minimum atomic E-state index is -0.297. The highest BCUT2D eigenvalue weighted by Gasteiger charge is 2.14. The number of carbonyl (C=O) groups is 1. The predicted molar refractivity (Wildman–Crippen MR) is 70.0 cm³/mol. The molecule has 18 heavy (non-hydrogen) atoms. The normalized spacial score (nSPS) is 11.8. The minimum absolute atomic E-state index is 0.297. The Kier molecular flexibility index (Phi) is 4.31. The first-order chi connectivity index (χ1) is 8.38. The number of hydrogen-bond donors (Lipinski definition) is 1. The standard InChI is InChI=1S/C13H18FN3O/c1-9-7-12(5-6-13(9)14)17(8-18)16(4)11(3)10(2)15/h5-8H,15H2,1-4H3/b11-10+. The van der Waals surface area contributed by atoms with Crippen molar-refractivity contribution in [2.75, 3.05) is 12.1 Å². The summed E-state index contributed by atoms with van der Waals surface area (Å²) in [6.07, 6.45) is 0.666. The number of nitrogens with zero attached hydrogens (tertiary/aromatic N) is 2. The van der Waals surface area contributed by atoms with Gasteiger partial charge in [0.15, 0.2) is 0 Å². The Hall–Kier alpha value is -2.04. The van der Waals surface area contributed by atoms with Gasteiger partial charge in [0.05, 0.1) is 11.4 Å². The van der Waals surface area contributed by atoms with Crippen molar-refractivity contribution >= 4 is 12.1 Å². The number of amides is 1. The summed E-state index contributed by atoms with van der Waals surface area (Å²) in [4.78, 5) is 11.2. The molecule has 0 spiro atoms. The van der Waals surface area contributed by atoms with Crippen LogP contribution in [0.2, 0.25) is 0 Å². The fraction of sp³-hybridized carbons (Fsp3) is 0.308. The highest BCUT2D eigenvalue weighted by molar-refractivity contribution is 5.74. The van der Waals surface area contributed by atoms with Crippen LogP contribution in [0, 0.1) is 12.7 Å². The average molecular weight is 251 g/mol. The number of aryl methyl sites for hydroxylation is 1. The molecule has 0 saturated heterocycles. The van der Waals surface area contributed by atoms with E-state index in [2.05, 4.69) is 0 Å². The number of hydrazine groups is 1. The van der Waals surface area contributed by atoms with Gasteiger partial charge in [-0.3, -0.25) is 9.80 Å². The predicted octanol–water partition coefficient (Wildman–Crippen LogP) is 2.15. The van der Waals surface area contributed by atoms with Crippen molar-refractivity contribution < 1.29 is 9.18 Å². The summed E-state index contributed by atoms with van der Waals surface area (Å²) in [6, 6.07) is 4.50. The first-order valence-electron chi connectivity index (χ1n) is 5.55. The second-order valence-corrected chi connectivity index (χ2v) is 4.18. The van der Waals surface area contributed by atoms with Crippen molar-refractivity contribution in [3.63, 3.8) is 0 Å². The molecule has 0 aliphatic rings. The number of carbonyl (C=O) groups excluding carboxylic acids is 1. The summed E-state index contributed by atoms with van der Waals surface area (Å²) in [6.45, 7) is 5.21. The van der Waals surface area contributed by atoms with Crippen LogP contribution in [-0.4, -0.2) is 18.5 Å². The van der Waals surface area contributed by atoms with Crippen LogP contribution < -0.4 is 10.7 Å². The molecule has 0 radical (unpaired) electrons. The number of benzene rings is 1. The lowest BCUT2D eigenvalue weighted by molar-refractivity contribution is -0.109. The number of anilines is 1. The van der Waals surface area contributed by atoms with E-state index < -0.39 is 0 Å². The van der Waals surface area contributed by atoms with Crippen LogP contribution in [0.4, 0.5) is 10.1 Å². The Balaban J connectivity index is 3.14. The van der Waals surface area contributed by atoms with Gasteiger partial charge >= 0.3 is 0 Å². The molecule has 1 aromatic carbocycles. The molecule has 0 fully saturated rings.